The van der Waals surface area contributed by atoms with Gasteiger partial charge in [-0.25, -0.2) is 13.2 Å². The van der Waals surface area contributed by atoms with Gasteiger partial charge >= 0.3 is 5.97 Å². The zero-order valence-electron chi connectivity index (χ0n) is 11.3. The average Bonchev–Trinajstić information content (AvgIpc) is 2.38. The summed E-state index contributed by atoms with van der Waals surface area (Å²) in [5, 5.41) is 18.6. The van der Waals surface area contributed by atoms with Gasteiger partial charge in [0.15, 0.2) is 0 Å². The molecule has 0 amide bonds. The fraction of sp³-hybridized carbons (Fsp3) is 0.417. The summed E-state index contributed by atoms with van der Waals surface area (Å²) in [6.07, 6.45) is 0. The minimum Gasteiger partial charge on any atom is -0.507 e. The number of carboxylic acids is 1. The molecule has 7 nitrogen and oxygen atoms in total. The van der Waals surface area contributed by atoms with E-state index in [0.717, 1.165) is 12.1 Å². The third kappa shape index (κ3) is 3.09. The monoisotopic (exact) mass is 333 g/mol. The van der Waals surface area contributed by atoms with Gasteiger partial charge in [-0.05, 0) is 24.6 Å². The SMILES string of the molecule is Cc1cc(O)c(C(=O)O)cc1S(=O)(=O)N1CCS(=O)CC1. The molecule has 0 bridgehead atoms. The lowest BCUT2D eigenvalue weighted by Crippen LogP contribution is -2.41. The first kappa shape index (κ1) is 15.9. The van der Waals surface area contributed by atoms with Gasteiger partial charge in [-0.15, -0.1) is 0 Å². The van der Waals surface area contributed by atoms with E-state index in [9.17, 15) is 22.5 Å². The van der Waals surface area contributed by atoms with Gasteiger partial charge in [0.1, 0.15) is 11.3 Å². The van der Waals surface area contributed by atoms with Crippen molar-refractivity contribution in [1.82, 2.24) is 4.31 Å². The van der Waals surface area contributed by atoms with Gasteiger partial charge in [0.2, 0.25) is 10.0 Å². The van der Waals surface area contributed by atoms with E-state index in [4.69, 9.17) is 5.11 Å². The molecule has 0 radical (unpaired) electrons. The second kappa shape index (κ2) is 5.74. The van der Waals surface area contributed by atoms with E-state index in [1.807, 2.05) is 0 Å². The van der Waals surface area contributed by atoms with Gasteiger partial charge in [0.05, 0.1) is 4.90 Å². The molecule has 1 aliphatic heterocycles. The first-order chi connectivity index (χ1) is 9.73. The Bertz CT molecular complexity index is 703. The number of aromatic carboxylic acids is 1. The summed E-state index contributed by atoms with van der Waals surface area (Å²) >= 11 is 0. The van der Waals surface area contributed by atoms with E-state index in [1.54, 1.807) is 0 Å². The minimum absolute atomic E-state index is 0.137. The number of nitrogens with zero attached hydrogens (tertiary/aromatic N) is 1. The number of carboxylic acid groups (broad SMARTS) is 1. The van der Waals surface area contributed by atoms with Gasteiger partial charge in [-0.2, -0.15) is 4.31 Å². The van der Waals surface area contributed by atoms with Crippen LogP contribution in [-0.4, -0.2) is 57.7 Å². The third-order valence-corrected chi connectivity index (χ3v) is 6.59. The lowest BCUT2D eigenvalue weighted by atomic mass is 10.1. The topological polar surface area (TPSA) is 112 Å². The van der Waals surface area contributed by atoms with Crippen LogP contribution in [0.4, 0.5) is 0 Å². The maximum atomic E-state index is 12.6. The van der Waals surface area contributed by atoms with Crippen LogP contribution in [0.2, 0.25) is 0 Å². The molecule has 0 aliphatic carbocycles. The van der Waals surface area contributed by atoms with Gasteiger partial charge < -0.3 is 10.2 Å². The highest BCUT2D eigenvalue weighted by molar-refractivity contribution is 7.89. The first-order valence-corrected chi connectivity index (χ1v) is 9.08. The summed E-state index contributed by atoms with van der Waals surface area (Å²) in [5.74, 6) is -1.34. The Morgan fingerprint density at radius 3 is 2.38 bits per heavy atom. The van der Waals surface area contributed by atoms with Crippen molar-refractivity contribution in [3.8, 4) is 5.75 Å². The highest BCUT2D eigenvalue weighted by atomic mass is 32.2. The molecule has 0 aromatic heterocycles. The molecule has 1 saturated heterocycles. The van der Waals surface area contributed by atoms with Gasteiger partial charge in [0.25, 0.3) is 0 Å². The normalized spacial score (nSPS) is 17.8. The number of carbonyl (C=O) groups is 1. The Morgan fingerprint density at radius 1 is 1.29 bits per heavy atom. The highest BCUT2D eigenvalue weighted by Gasteiger charge is 2.30. The van der Waals surface area contributed by atoms with Gasteiger partial charge in [-0.3, -0.25) is 4.21 Å². The van der Waals surface area contributed by atoms with Crippen LogP contribution in [0.15, 0.2) is 17.0 Å². The summed E-state index contributed by atoms with van der Waals surface area (Å²) in [6.45, 7) is 1.76. The number of sulfonamides is 1. The Kier molecular flexibility index (Phi) is 4.35. The molecule has 2 rings (SSSR count). The van der Waals surface area contributed by atoms with Crippen molar-refractivity contribution in [2.75, 3.05) is 24.6 Å². The quantitative estimate of drug-likeness (QED) is 0.814. The molecule has 21 heavy (non-hydrogen) atoms. The lowest BCUT2D eigenvalue weighted by Gasteiger charge is -2.26. The molecule has 1 aromatic carbocycles. The number of aryl methyl sites for hydroxylation is 1. The summed E-state index contributed by atoms with van der Waals surface area (Å²) in [4.78, 5) is 10.9. The second-order valence-corrected chi connectivity index (χ2v) is 8.29. The van der Waals surface area contributed by atoms with Crippen LogP contribution in [0, 0.1) is 6.92 Å². The average molecular weight is 333 g/mol. The predicted octanol–water partition coefficient (Wildman–Crippen LogP) is 0.152. The summed E-state index contributed by atoms with van der Waals surface area (Å²) in [6, 6.07) is 2.09. The first-order valence-electron chi connectivity index (χ1n) is 6.15. The van der Waals surface area contributed by atoms with E-state index >= 15 is 0 Å². The van der Waals surface area contributed by atoms with Crippen LogP contribution in [0.25, 0.3) is 0 Å². The third-order valence-electron chi connectivity index (χ3n) is 3.28. The van der Waals surface area contributed by atoms with E-state index in [-0.39, 0.29) is 35.1 Å². The molecule has 2 N–H and O–H groups in total. The van der Waals surface area contributed by atoms with Gasteiger partial charge in [-0.1, -0.05) is 0 Å². The van der Waals surface area contributed by atoms with E-state index < -0.39 is 38.1 Å². The van der Waals surface area contributed by atoms with Crippen molar-refractivity contribution in [3.63, 3.8) is 0 Å². The Hall–Kier alpha value is -1.45. The molecule has 0 saturated carbocycles. The van der Waals surface area contributed by atoms with E-state index in [2.05, 4.69) is 0 Å². The van der Waals surface area contributed by atoms with Crippen molar-refractivity contribution < 1.29 is 27.6 Å². The summed E-state index contributed by atoms with van der Waals surface area (Å²) in [5.41, 5.74) is -0.191. The zero-order chi connectivity index (χ0) is 15.8. The van der Waals surface area contributed by atoms with Gasteiger partial charge in [0, 0.05) is 35.4 Å². The maximum Gasteiger partial charge on any atom is 0.339 e. The second-order valence-electron chi connectivity index (χ2n) is 4.69. The molecule has 1 aromatic rings. The number of hydrogen-bond acceptors (Lipinski definition) is 5. The number of rotatable bonds is 3. The van der Waals surface area contributed by atoms with Crippen LogP contribution in [0.1, 0.15) is 15.9 Å². The number of aromatic hydroxyl groups is 1. The van der Waals surface area contributed by atoms with Crippen molar-refractivity contribution in [2.45, 2.75) is 11.8 Å². The van der Waals surface area contributed by atoms with Crippen LogP contribution in [0.3, 0.4) is 0 Å². The predicted molar refractivity (Wildman–Crippen MR) is 76.4 cm³/mol. The highest BCUT2D eigenvalue weighted by Crippen LogP contribution is 2.28. The Morgan fingerprint density at radius 2 is 1.86 bits per heavy atom. The number of phenols is 1. The molecule has 0 unspecified atom stereocenters. The van der Waals surface area contributed by atoms with Crippen molar-refractivity contribution in [3.05, 3.63) is 23.3 Å². The van der Waals surface area contributed by atoms with Crippen LogP contribution >= 0.6 is 0 Å². The van der Waals surface area contributed by atoms with Crippen molar-refractivity contribution in [2.24, 2.45) is 0 Å². The molecule has 116 valence electrons. The molecule has 1 fully saturated rings. The standard InChI is InChI=1S/C12H15NO6S2/c1-8-6-10(14)9(12(15)16)7-11(8)21(18,19)13-2-4-20(17)5-3-13/h6-7,14H,2-5H2,1H3,(H,15,16). The van der Waals surface area contributed by atoms with Crippen LogP contribution < -0.4 is 0 Å². The fourth-order valence-electron chi connectivity index (χ4n) is 2.12. The van der Waals surface area contributed by atoms with Crippen LogP contribution in [0.5, 0.6) is 5.75 Å². The largest absolute Gasteiger partial charge is 0.507 e. The van der Waals surface area contributed by atoms with Crippen LogP contribution in [-0.2, 0) is 20.8 Å². The molecule has 0 atom stereocenters. The maximum absolute atomic E-state index is 12.6. The molecular weight excluding hydrogens is 318 g/mol. The molecule has 9 heteroatoms. The molecule has 1 aliphatic rings. The molecular formula is C12H15NO6S2. The van der Waals surface area contributed by atoms with E-state index in [1.165, 1.54) is 11.2 Å². The fourth-order valence-corrected chi connectivity index (χ4v) is 5.08. The number of hydrogen-bond donors (Lipinski definition) is 2. The molecule has 1 heterocycles. The summed E-state index contributed by atoms with van der Waals surface area (Å²) in [7, 11) is -4.88. The number of benzene rings is 1. The molecule has 0 spiro atoms. The smallest absolute Gasteiger partial charge is 0.339 e. The lowest BCUT2D eigenvalue weighted by molar-refractivity contribution is 0.0693. The van der Waals surface area contributed by atoms with E-state index in [0.29, 0.717) is 0 Å². The Balaban J connectivity index is 2.47. The summed E-state index contributed by atoms with van der Waals surface area (Å²) < 4.78 is 37.6. The van der Waals surface area contributed by atoms with Crippen molar-refractivity contribution in [1.29, 1.82) is 0 Å². The Labute approximate surface area is 124 Å². The van der Waals surface area contributed by atoms with Crippen molar-refractivity contribution >= 4 is 26.8 Å². The minimum atomic E-state index is -3.86. The zero-order valence-corrected chi connectivity index (χ0v) is 12.9.